The lowest BCUT2D eigenvalue weighted by molar-refractivity contribution is -0.143. The molecule has 1 saturated carbocycles. The molecule has 0 radical (unpaired) electrons. The van der Waals surface area contributed by atoms with Gasteiger partial charge in [-0.05, 0) is 94.0 Å². The van der Waals surface area contributed by atoms with Gasteiger partial charge in [0.25, 0.3) is 0 Å². The maximum atomic E-state index is 13.6. The maximum Gasteiger partial charge on any atom is 0.416 e. The summed E-state index contributed by atoms with van der Waals surface area (Å²) < 4.78 is 87.0. The number of rotatable bonds is 5. The van der Waals surface area contributed by atoms with Crippen LogP contribution < -0.4 is 5.32 Å². The summed E-state index contributed by atoms with van der Waals surface area (Å²) in [4.78, 5) is 16.1. The van der Waals surface area contributed by atoms with Gasteiger partial charge in [-0.1, -0.05) is 30.3 Å². The van der Waals surface area contributed by atoms with Crippen molar-refractivity contribution in [3.63, 3.8) is 0 Å². The van der Waals surface area contributed by atoms with E-state index in [1.54, 1.807) is 0 Å². The highest BCUT2D eigenvalue weighted by molar-refractivity contribution is 5.84. The van der Waals surface area contributed by atoms with Crippen molar-refractivity contribution in [1.29, 1.82) is 0 Å². The second-order valence-corrected chi connectivity index (χ2v) is 12.3. The molecule has 3 fully saturated rings. The van der Waals surface area contributed by atoms with E-state index in [1.807, 2.05) is 30.3 Å². The number of alkyl halides is 6. The summed E-state index contributed by atoms with van der Waals surface area (Å²) >= 11 is 0. The number of nitrogens with one attached hydrogen (secondary N) is 1. The van der Waals surface area contributed by atoms with E-state index in [1.165, 1.54) is 13.3 Å². The number of hydrogen-bond donors (Lipinski definition) is 1. The normalized spacial score (nSPS) is 26.1. The van der Waals surface area contributed by atoms with Gasteiger partial charge in [0, 0.05) is 25.7 Å². The molecule has 42 heavy (non-hydrogen) atoms. The summed E-state index contributed by atoms with van der Waals surface area (Å²) in [7, 11) is 0. The Kier molecular flexibility index (Phi) is 8.69. The number of amides is 1. The standard InChI is InChI=1S/C32H38F6N2O2/c1-22(23-19-25(31(33,34)35)21-26(20-23)32(36,37)38)28(41)39-30(24-7-3-2-4-8-24)12-9-27(10-13-30)40-16-14-29(15-17-40)11-5-6-18-42-29/h2-4,7-8,19-22,27H,5-6,9-18H2,1H3,(H,39,41)/t22-,27?,30?/m0/s1. The van der Waals surface area contributed by atoms with E-state index in [9.17, 15) is 31.1 Å². The lowest BCUT2D eigenvalue weighted by atomic mass is 9.73. The van der Waals surface area contributed by atoms with Crippen LogP contribution in [-0.2, 0) is 27.4 Å². The Morgan fingerprint density at radius 2 is 1.48 bits per heavy atom. The molecule has 1 spiro atoms. The SMILES string of the molecule is C[C@H](C(=O)NC1(c2ccccc2)CCC(N2CCC3(CCCCO3)CC2)CC1)c1cc(C(F)(F)F)cc(C(F)(F)F)c1. The third-order valence-electron chi connectivity index (χ3n) is 9.66. The second-order valence-electron chi connectivity index (χ2n) is 12.3. The van der Waals surface area contributed by atoms with Crippen LogP contribution in [-0.4, -0.2) is 42.1 Å². The molecule has 2 aromatic carbocycles. The van der Waals surface area contributed by atoms with Gasteiger partial charge in [0.2, 0.25) is 5.91 Å². The molecule has 1 atom stereocenters. The molecule has 2 saturated heterocycles. The quantitative estimate of drug-likeness (QED) is 0.358. The van der Waals surface area contributed by atoms with Gasteiger partial charge in [0.15, 0.2) is 0 Å². The van der Waals surface area contributed by atoms with Gasteiger partial charge in [0.1, 0.15) is 0 Å². The molecule has 0 unspecified atom stereocenters. The number of piperidine rings is 1. The van der Waals surface area contributed by atoms with Crippen LogP contribution in [0.5, 0.6) is 0 Å². The lowest BCUT2D eigenvalue weighted by Gasteiger charge is -2.49. The van der Waals surface area contributed by atoms with Gasteiger partial charge < -0.3 is 15.0 Å². The number of carbonyl (C=O) groups excluding carboxylic acids is 1. The van der Waals surface area contributed by atoms with Crippen LogP contribution in [0.15, 0.2) is 48.5 Å². The average Bonchev–Trinajstić information content (AvgIpc) is 2.97. The fourth-order valence-corrected chi connectivity index (χ4v) is 7.03. The molecule has 10 heteroatoms. The van der Waals surface area contributed by atoms with Crippen molar-refractivity contribution >= 4 is 5.91 Å². The van der Waals surface area contributed by atoms with Crippen molar-refractivity contribution in [2.45, 2.75) is 100 Å². The topological polar surface area (TPSA) is 41.6 Å². The molecule has 1 N–H and O–H groups in total. The Labute approximate surface area is 242 Å². The number of hydrogen-bond acceptors (Lipinski definition) is 3. The van der Waals surface area contributed by atoms with Gasteiger partial charge in [0.05, 0.1) is 28.2 Å². The van der Waals surface area contributed by atoms with Crippen LogP contribution in [0.1, 0.15) is 92.9 Å². The largest absolute Gasteiger partial charge is 0.416 e. The van der Waals surface area contributed by atoms with Crippen molar-refractivity contribution in [1.82, 2.24) is 10.2 Å². The minimum absolute atomic E-state index is 0.0106. The molecule has 1 aliphatic carbocycles. The number of benzene rings is 2. The van der Waals surface area contributed by atoms with E-state index in [4.69, 9.17) is 4.74 Å². The van der Waals surface area contributed by atoms with E-state index in [0.717, 1.165) is 63.8 Å². The molecule has 3 aliphatic rings. The van der Waals surface area contributed by atoms with Gasteiger partial charge >= 0.3 is 12.4 Å². The minimum atomic E-state index is -4.98. The molecule has 4 nitrogen and oxygen atoms in total. The smallest absolute Gasteiger partial charge is 0.375 e. The van der Waals surface area contributed by atoms with Crippen LogP contribution in [0.4, 0.5) is 26.3 Å². The molecular weight excluding hydrogens is 558 g/mol. The zero-order valence-corrected chi connectivity index (χ0v) is 23.8. The Morgan fingerprint density at radius 1 is 0.881 bits per heavy atom. The average molecular weight is 597 g/mol. The first-order valence-corrected chi connectivity index (χ1v) is 14.9. The first-order chi connectivity index (χ1) is 19.8. The van der Waals surface area contributed by atoms with Gasteiger partial charge in [-0.2, -0.15) is 26.3 Å². The predicted molar refractivity (Wildman–Crippen MR) is 147 cm³/mol. The number of likely N-dealkylation sites (tertiary alicyclic amines) is 1. The molecule has 0 aromatic heterocycles. The Hall–Kier alpha value is -2.59. The summed E-state index contributed by atoms with van der Waals surface area (Å²) in [5, 5.41) is 3.09. The van der Waals surface area contributed by atoms with E-state index >= 15 is 0 Å². The van der Waals surface area contributed by atoms with Crippen molar-refractivity contribution in [3.05, 3.63) is 70.8 Å². The summed E-state index contributed by atoms with van der Waals surface area (Å²) in [6, 6.07) is 11.2. The third kappa shape index (κ3) is 6.64. The molecule has 2 aliphatic heterocycles. The summed E-state index contributed by atoms with van der Waals surface area (Å²) in [6.07, 6.45) is -1.61. The second kappa shape index (κ2) is 11.8. The van der Waals surface area contributed by atoms with Crippen molar-refractivity contribution in [2.75, 3.05) is 19.7 Å². The van der Waals surface area contributed by atoms with Gasteiger partial charge in [-0.25, -0.2) is 0 Å². The third-order valence-corrected chi connectivity index (χ3v) is 9.66. The maximum absolute atomic E-state index is 13.6. The molecule has 5 rings (SSSR count). The number of nitrogens with zero attached hydrogens (tertiary/aromatic N) is 1. The monoisotopic (exact) mass is 596 g/mol. The van der Waals surface area contributed by atoms with E-state index < -0.39 is 40.8 Å². The Morgan fingerprint density at radius 3 is 2.00 bits per heavy atom. The zero-order chi connectivity index (χ0) is 30.2. The highest BCUT2D eigenvalue weighted by Gasteiger charge is 2.44. The molecule has 0 bridgehead atoms. The molecule has 2 heterocycles. The Balaban J connectivity index is 1.32. The predicted octanol–water partition coefficient (Wildman–Crippen LogP) is 7.82. The fourth-order valence-electron chi connectivity index (χ4n) is 7.03. The van der Waals surface area contributed by atoms with Crippen LogP contribution in [0, 0.1) is 0 Å². The fraction of sp³-hybridized carbons (Fsp3) is 0.594. The summed E-state index contributed by atoms with van der Waals surface area (Å²) in [5.74, 6) is -1.82. The molecule has 230 valence electrons. The molecule has 2 aromatic rings. The number of ether oxygens (including phenoxy) is 1. The summed E-state index contributed by atoms with van der Waals surface area (Å²) in [5.41, 5.74) is -3.03. The van der Waals surface area contributed by atoms with Gasteiger partial charge in [-0.3, -0.25) is 4.79 Å². The van der Waals surface area contributed by atoms with Crippen LogP contribution >= 0.6 is 0 Å². The van der Waals surface area contributed by atoms with Crippen molar-refractivity contribution in [3.8, 4) is 0 Å². The Bertz CT molecular complexity index is 1190. The van der Waals surface area contributed by atoms with E-state index in [0.29, 0.717) is 31.0 Å². The van der Waals surface area contributed by atoms with E-state index in [-0.39, 0.29) is 17.2 Å². The highest BCUT2D eigenvalue weighted by Crippen LogP contribution is 2.43. The van der Waals surface area contributed by atoms with Crippen LogP contribution in [0.3, 0.4) is 0 Å². The van der Waals surface area contributed by atoms with Crippen molar-refractivity contribution in [2.24, 2.45) is 0 Å². The van der Waals surface area contributed by atoms with E-state index in [2.05, 4.69) is 10.2 Å². The van der Waals surface area contributed by atoms with Crippen LogP contribution in [0.2, 0.25) is 0 Å². The van der Waals surface area contributed by atoms with Crippen molar-refractivity contribution < 1.29 is 35.9 Å². The first kappa shape index (κ1) is 30.9. The molecular formula is C32H38F6N2O2. The summed E-state index contributed by atoms with van der Waals surface area (Å²) in [6.45, 7) is 4.11. The lowest BCUT2D eigenvalue weighted by Crippen LogP contribution is -2.55. The minimum Gasteiger partial charge on any atom is -0.375 e. The first-order valence-electron chi connectivity index (χ1n) is 14.9. The number of halogens is 6. The zero-order valence-electron chi connectivity index (χ0n) is 23.8. The molecule has 1 amide bonds. The number of carbonyl (C=O) groups is 1. The highest BCUT2D eigenvalue weighted by atomic mass is 19.4. The van der Waals surface area contributed by atoms with Crippen LogP contribution in [0.25, 0.3) is 0 Å². The van der Waals surface area contributed by atoms with Gasteiger partial charge in [-0.15, -0.1) is 0 Å².